The molecule has 0 aromatic heterocycles. The minimum Gasteiger partial charge on any atom is -0.489 e. The fraction of sp³-hybridized carbons (Fsp3) is 0.200. The fourth-order valence-corrected chi connectivity index (χ4v) is 1.70. The van der Waals surface area contributed by atoms with Gasteiger partial charge in [0.25, 0.3) is 5.69 Å². The van der Waals surface area contributed by atoms with Crippen LogP contribution in [0.25, 0.3) is 0 Å². The monoisotopic (exact) mass is 257 g/mol. The van der Waals surface area contributed by atoms with Crippen LogP contribution in [0.5, 0.6) is 5.75 Å². The summed E-state index contributed by atoms with van der Waals surface area (Å²) in [6.45, 7) is 2.51. The van der Waals surface area contributed by atoms with E-state index in [1.807, 2.05) is 24.3 Å². The summed E-state index contributed by atoms with van der Waals surface area (Å²) in [5.41, 5.74) is 2.27. The molecule has 4 heteroatoms. The molecule has 0 fully saturated rings. The summed E-state index contributed by atoms with van der Waals surface area (Å²) in [5, 5.41) is 10.5. The number of benzene rings is 2. The van der Waals surface area contributed by atoms with E-state index >= 15 is 0 Å². The van der Waals surface area contributed by atoms with Crippen molar-refractivity contribution in [3.63, 3.8) is 0 Å². The third-order valence-electron chi connectivity index (χ3n) is 2.88. The lowest BCUT2D eigenvalue weighted by molar-refractivity contribution is -0.384. The van der Waals surface area contributed by atoms with Gasteiger partial charge in [0, 0.05) is 12.1 Å². The zero-order valence-electron chi connectivity index (χ0n) is 10.7. The van der Waals surface area contributed by atoms with Gasteiger partial charge < -0.3 is 4.74 Å². The van der Waals surface area contributed by atoms with Gasteiger partial charge in [-0.2, -0.15) is 0 Å². The highest BCUT2D eigenvalue weighted by Crippen LogP contribution is 2.16. The van der Waals surface area contributed by atoms with Crippen molar-refractivity contribution < 1.29 is 9.66 Å². The second kappa shape index (κ2) is 6.00. The van der Waals surface area contributed by atoms with E-state index in [9.17, 15) is 10.1 Å². The molecule has 2 rings (SSSR count). The van der Waals surface area contributed by atoms with Crippen LogP contribution in [0.15, 0.2) is 48.5 Å². The molecule has 0 saturated carbocycles. The maximum absolute atomic E-state index is 10.5. The van der Waals surface area contributed by atoms with E-state index < -0.39 is 4.92 Å². The summed E-state index contributed by atoms with van der Waals surface area (Å²) in [4.78, 5) is 10.1. The van der Waals surface area contributed by atoms with Gasteiger partial charge in [-0.1, -0.05) is 19.1 Å². The van der Waals surface area contributed by atoms with Crippen molar-refractivity contribution in [1.82, 2.24) is 0 Å². The summed E-state index contributed by atoms with van der Waals surface area (Å²) in [5.74, 6) is 0.801. The van der Waals surface area contributed by atoms with Gasteiger partial charge in [0.2, 0.25) is 0 Å². The summed E-state index contributed by atoms with van der Waals surface area (Å²) in [6, 6.07) is 14.3. The van der Waals surface area contributed by atoms with Crippen LogP contribution in [0, 0.1) is 10.1 Å². The van der Waals surface area contributed by atoms with E-state index in [2.05, 4.69) is 6.92 Å². The lowest BCUT2D eigenvalue weighted by Crippen LogP contribution is -1.96. The van der Waals surface area contributed by atoms with Gasteiger partial charge in [0.15, 0.2) is 0 Å². The van der Waals surface area contributed by atoms with Crippen LogP contribution in [0.2, 0.25) is 0 Å². The van der Waals surface area contributed by atoms with E-state index in [-0.39, 0.29) is 5.69 Å². The number of aryl methyl sites for hydroxylation is 1. The molecule has 0 unspecified atom stereocenters. The maximum Gasteiger partial charge on any atom is 0.269 e. The minimum atomic E-state index is -0.409. The standard InChI is InChI=1S/C15H15NO3/c1-2-12-5-9-15(10-6-12)19-11-13-3-7-14(8-4-13)16(17)18/h3-10H,2,11H2,1H3. The normalized spacial score (nSPS) is 10.2. The SMILES string of the molecule is CCc1ccc(OCc2ccc([N+](=O)[O-])cc2)cc1. The van der Waals surface area contributed by atoms with Crippen LogP contribution in [0.3, 0.4) is 0 Å². The van der Waals surface area contributed by atoms with E-state index in [1.54, 1.807) is 12.1 Å². The van der Waals surface area contributed by atoms with Crippen LogP contribution in [-0.4, -0.2) is 4.92 Å². The van der Waals surface area contributed by atoms with Crippen LogP contribution >= 0.6 is 0 Å². The zero-order valence-corrected chi connectivity index (χ0v) is 10.7. The lowest BCUT2D eigenvalue weighted by Gasteiger charge is -2.06. The third kappa shape index (κ3) is 3.55. The average Bonchev–Trinajstić information content (AvgIpc) is 2.46. The number of rotatable bonds is 5. The highest BCUT2D eigenvalue weighted by atomic mass is 16.6. The average molecular weight is 257 g/mol. The zero-order chi connectivity index (χ0) is 13.7. The van der Waals surface area contributed by atoms with Gasteiger partial charge in [0.1, 0.15) is 12.4 Å². The summed E-state index contributed by atoms with van der Waals surface area (Å²) in [6.07, 6.45) is 1.00. The van der Waals surface area contributed by atoms with Crippen LogP contribution in [0.1, 0.15) is 18.1 Å². The molecule has 0 aliphatic heterocycles. The summed E-state index contributed by atoms with van der Waals surface area (Å²) in [7, 11) is 0. The van der Waals surface area contributed by atoms with E-state index in [4.69, 9.17) is 4.74 Å². The molecule has 0 N–H and O–H groups in total. The Kier molecular flexibility index (Phi) is 4.13. The second-order valence-electron chi connectivity index (χ2n) is 4.21. The highest BCUT2D eigenvalue weighted by molar-refractivity contribution is 5.33. The van der Waals surface area contributed by atoms with Crippen LogP contribution < -0.4 is 4.74 Å². The maximum atomic E-state index is 10.5. The first kappa shape index (κ1) is 13.1. The molecule has 0 spiro atoms. The van der Waals surface area contributed by atoms with E-state index in [0.29, 0.717) is 6.61 Å². The Morgan fingerprint density at radius 1 is 1.00 bits per heavy atom. The predicted octanol–water partition coefficient (Wildman–Crippen LogP) is 3.74. The number of non-ortho nitro benzene ring substituents is 1. The Bertz CT molecular complexity index is 547. The van der Waals surface area contributed by atoms with E-state index in [1.165, 1.54) is 17.7 Å². The van der Waals surface area contributed by atoms with Crippen molar-refractivity contribution >= 4 is 5.69 Å². The van der Waals surface area contributed by atoms with Crippen molar-refractivity contribution in [3.05, 3.63) is 69.8 Å². The number of hydrogen-bond acceptors (Lipinski definition) is 3. The molecule has 19 heavy (non-hydrogen) atoms. The first-order valence-electron chi connectivity index (χ1n) is 6.14. The molecular formula is C15H15NO3. The van der Waals surface area contributed by atoms with Gasteiger partial charge in [0.05, 0.1) is 4.92 Å². The van der Waals surface area contributed by atoms with Crippen molar-refractivity contribution in [2.24, 2.45) is 0 Å². The number of nitro benzene ring substituents is 1. The van der Waals surface area contributed by atoms with Crippen molar-refractivity contribution in [1.29, 1.82) is 0 Å². The largest absolute Gasteiger partial charge is 0.489 e. The molecule has 2 aromatic carbocycles. The van der Waals surface area contributed by atoms with E-state index in [0.717, 1.165) is 17.7 Å². The quantitative estimate of drug-likeness (QED) is 0.605. The molecule has 98 valence electrons. The van der Waals surface area contributed by atoms with Crippen molar-refractivity contribution in [2.75, 3.05) is 0 Å². The van der Waals surface area contributed by atoms with Crippen molar-refractivity contribution in [2.45, 2.75) is 20.0 Å². The number of nitrogens with zero attached hydrogens (tertiary/aromatic N) is 1. The number of nitro groups is 1. The lowest BCUT2D eigenvalue weighted by atomic mass is 10.2. The minimum absolute atomic E-state index is 0.0936. The van der Waals surface area contributed by atoms with Gasteiger partial charge in [-0.15, -0.1) is 0 Å². The van der Waals surface area contributed by atoms with Gasteiger partial charge in [-0.25, -0.2) is 0 Å². The molecule has 2 aromatic rings. The molecule has 0 bridgehead atoms. The molecule has 0 saturated heterocycles. The second-order valence-corrected chi connectivity index (χ2v) is 4.21. The van der Waals surface area contributed by atoms with Gasteiger partial charge in [-0.05, 0) is 41.8 Å². The molecule has 0 amide bonds. The topological polar surface area (TPSA) is 52.4 Å². The smallest absolute Gasteiger partial charge is 0.269 e. The summed E-state index contributed by atoms with van der Waals surface area (Å²) < 4.78 is 5.62. The molecule has 4 nitrogen and oxygen atoms in total. The molecule has 0 atom stereocenters. The Morgan fingerprint density at radius 3 is 2.11 bits per heavy atom. The third-order valence-corrected chi connectivity index (χ3v) is 2.88. The highest BCUT2D eigenvalue weighted by Gasteiger charge is 2.04. The molecule has 0 radical (unpaired) electrons. The first-order valence-corrected chi connectivity index (χ1v) is 6.14. The molecule has 0 aliphatic carbocycles. The molecule has 0 heterocycles. The number of ether oxygens (including phenoxy) is 1. The molecular weight excluding hydrogens is 242 g/mol. The van der Waals surface area contributed by atoms with Gasteiger partial charge >= 0.3 is 0 Å². The Labute approximate surface area is 111 Å². The van der Waals surface area contributed by atoms with Crippen molar-refractivity contribution in [3.8, 4) is 5.75 Å². The fourth-order valence-electron chi connectivity index (χ4n) is 1.70. The summed E-state index contributed by atoms with van der Waals surface area (Å²) >= 11 is 0. The molecule has 0 aliphatic rings. The van der Waals surface area contributed by atoms with Crippen LogP contribution in [-0.2, 0) is 13.0 Å². The Morgan fingerprint density at radius 2 is 1.58 bits per heavy atom. The first-order chi connectivity index (χ1) is 9.19. The number of hydrogen-bond donors (Lipinski definition) is 0. The predicted molar refractivity (Wildman–Crippen MR) is 73.2 cm³/mol. The van der Waals surface area contributed by atoms with Crippen LogP contribution in [0.4, 0.5) is 5.69 Å². The van der Waals surface area contributed by atoms with Gasteiger partial charge in [-0.3, -0.25) is 10.1 Å². The Hall–Kier alpha value is -2.36. The Balaban J connectivity index is 1.95.